The van der Waals surface area contributed by atoms with E-state index in [-0.39, 0.29) is 43.4 Å². The van der Waals surface area contributed by atoms with Gasteiger partial charge in [0.05, 0.1) is 0 Å². The smallest absolute Gasteiger partial charge is 0.352 e. The number of alkyl halides is 2. The van der Waals surface area contributed by atoms with Gasteiger partial charge < -0.3 is 10.0 Å². The summed E-state index contributed by atoms with van der Waals surface area (Å²) < 4.78 is 28.9. The second-order valence-corrected chi connectivity index (χ2v) is 8.37. The first-order chi connectivity index (χ1) is 15.0. The molecule has 32 heavy (non-hydrogen) atoms. The summed E-state index contributed by atoms with van der Waals surface area (Å²) in [5, 5.41) is 13.9. The molecule has 1 aromatic carbocycles. The van der Waals surface area contributed by atoms with E-state index in [1.807, 2.05) is 0 Å². The van der Waals surface area contributed by atoms with Gasteiger partial charge in [0.15, 0.2) is 0 Å². The Labute approximate surface area is 181 Å². The van der Waals surface area contributed by atoms with Crippen molar-refractivity contribution in [2.24, 2.45) is 0 Å². The molecular formula is C21H21F2N3O6. The van der Waals surface area contributed by atoms with Crippen LogP contribution >= 0.6 is 0 Å². The molecule has 2 aliphatic heterocycles. The van der Waals surface area contributed by atoms with Crippen LogP contribution in [0.5, 0.6) is 0 Å². The predicted molar refractivity (Wildman–Crippen MR) is 103 cm³/mol. The Kier molecular flexibility index (Phi) is 5.32. The van der Waals surface area contributed by atoms with Crippen LogP contribution in [0.2, 0.25) is 0 Å². The number of fused-ring (bicyclic) bond motifs is 1. The maximum absolute atomic E-state index is 14.4. The zero-order valence-electron chi connectivity index (χ0n) is 17.0. The van der Waals surface area contributed by atoms with Crippen molar-refractivity contribution in [1.82, 2.24) is 15.5 Å². The minimum atomic E-state index is -4.13. The minimum absolute atomic E-state index is 0.00851. The number of nitrogens with zero attached hydrogens (tertiary/aromatic N) is 1. The van der Waals surface area contributed by atoms with E-state index in [1.54, 1.807) is 5.32 Å². The van der Waals surface area contributed by atoms with Crippen LogP contribution in [-0.4, -0.2) is 57.1 Å². The number of hydrogen-bond donors (Lipinski definition) is 3. The summed E-state index contributed by atoms with van der Waals surface area (Å²) in [7, 11) is 0. The van der Waals surface area contributed by atoms with Gasteiger partial charge >= 0.3 is 5.92 Å². The summed E-state index contributed by atoms with van der Waals surface area (Å²) in [6.45, 7) is -0.00851. The van der Waals surface area contributed by atoms with Crippen LogP contribution in [0.3, 0.4) is 0 Å². The molecule has 5 amide bonds. The van der Waals surface area contributed by atoms with Crippen molar-refractivity contribution in [3.8, 4) is 0 Å². The molecule has 1 atom stereocenters. The van der Waals surface area contributed by atoms with E-state index >= 15 is 0 Å². The number of rotatable bonds is 4. The Morgan fingerprint density at radius 1 is 1.19 bits per heavy atom. The van der Waals surface area contributed by atoms with Crippen LogP contribution in [0, 0.1) is 0 Å². The molecule has 3 aliphatic rings. The average Bonchev–Trinajstić information content (AvgIpc) is 3.32. The van der Waals surface area contributed by atoms with Gasteiger partial charge in [-0.1, -0.05) is 12.8 Å². The lowest BCUT2D eigenvalue weighted by Gasteiger charge is -2.30. The third-order valence-corrected chi connectivity index (χ3v) is 6.31. The van der Waals surface area contributed by atoms with E-state index in [0.717, 1.165) is 0 Å². The molecule has 3 N–H and O–H groups in total. The van der Waals surface area contributed by atoms with Gasteiger partial charge in [0.1, 0.15) is 11.6 Å². The van der Waals surface area contributed by atoms with E-state index in [4.69, 9.17) is 0 Å². The summed E-state index contributed by atoms with van der Waals surface area (Å²) in [5.74, 6) is -8.56. The maximum atomic E-state index is 14.4. The van der Waals surface area contributed by atoms with E-state index in [0.29, 0.717) is 18.4 Å². The number of amides is 5. The summed E-state index contributed by atoms with van der Waals surface area (Å²) in [6, 6.07) is 3.00. The Morgan fingerprint density at radius 2 is 1.88 bits per heavy atom. The third-order valence-electron chi connectivity index (χ3n) is 6.31. The summed E-state index contributed by atoms with van der Waals surface area (Å²) in [5.41, 5.74) is -1.97. The van der Waals surface area contributed by atoms with Crippen molar-refractivity contribution < 1.29 is 37.9 Å². The van der Waals surface area contributed by atoms with Gasteiger partial charge in [0, 0.05) is 24.1 Å². The quantitative estimate of drug-likeness (QED) is 0.578. The molecule has 11 heteroatoms. The van der Waals surface area contributed by atoms with E-state index < -0.39 is 47.1 Å². The summed E-state index contributed by atoms with van der Waals surface area (Å²) in [6.07, 6.45) is 0.500. The van der Waals surface area contributed by atoms with Crippen molar-refractivity contribution in [2.75, 3.05) is 0 Å². The fourth-order valence-corrected chi connectivity index (χ4v) is 4.45. The molecule has 2 fully saturated rings. The third kappa shape index (κ3) is 3.56. The molecule has 1 aliphatic carbocycles. The van der Waals surface area contributed by atoms with Gasteiger partial charge in [-0.05, 0) is 43.0 Å². The van der Waals surface area contributed by atoms with E-state index in [9.17, 15) is 37.9 Å². The van der Waals surface area contributed by atoms with Crippen molar-refractivity contribution in [3.63, 3.8) is 0 Å². The van der Waals surface area contributed by atoms with Crippen LogP contribution in [0.1, 0.15) is 64.8 Å². The number of carbonyl (C=O) groups is 5. The van der Waals surface area contributed by atoms with Crippen molar-refractivity contribution in [2.45, 2.75) is 62.6 Å². The van der Waals surface area contributed by atoms with Crippen molar-refractivity contribution >= 4 is 29.5 Å². The van der Waals surface area contributed by atoms with Crippen molar-refractivity contribution in [1.29, 1.82) is 0 Å². The molecular weight excluding hydrogens is 428 g/mol. The van der Waals surface area contributed by atoms with E-state index in [1.165, 1.54) is 23.1 Å². The molecule has 9 nitrogen and oxygen atoms in total. The summed E-state index contributed by atoms with van der Waals surface area (Å²) >= 11 is 0. The lowest BCUT2D eigenvalue weighted by Crippen LogP contribution is -2.56. The monoisotopic (exact) mass is 449 g/mol. The fraction of sp³-hybridized carbons (Fsp3) is 0.476. The highest BCUT2D eigenvalue weighted by Gasteiger charge is 2.59. The molecule has 1 aromatic rings. The molecule has 0 spiro atoms. The maximum Gasteiger partial charge on any atom is 0.352 e. The first-order valence-corrected chi connectivity index (χ1v) is 10.3. The van der Waals surface area contributed by atoms with Gasteiger partial charge in [0.25, 0.3) is 17.7 Å². The SMILES string of the molecule is O=C1CCC(N2Cc3cc(C(=O)NC(=O)C(F)(F)C4(O)CCCC4)ccc3C2=O)C(=O)N1. The Hall–Kier alpha value is -3.21. The molecule has 170 valence electrons. The number of hydrogen-bond acceptors (Lipinski definition) is 6. The van der Waals surface area contributed by atoms with Crippen molar-refractivity contribution in [3.05, 3.63) is 34.9 Å². The number of aliphatic hydroxyl groups is 1. The van der Waals surface area contributed by atoms with Gasteiger partial charge in [-0.15, -0.1) is 0 Å². The Morgan fingerprint density at radius 3 is 2.53 bits per heavy atom. The highest BCUT2D eigenvalue weighted by atomic mass is 19.3. The second kappa shape index (κ2) is 7.73. The largest absolute Gasteiger partial charge is 0.383 e. The Bertz CT molecular complexity index is 1030. The zero-order valence-corrected chi connectivity index (χ0v) is 17.0. The number of nitrogens with one attached hydrogen (secondary N) is 2. The van der Waals surface area contributed by atoms with Crippen LogP contribution < -0.4 is 10.6 Å². The molecule has 0 aromatic heterocycles. The van der Waals surface area contributed by atoms with Gasteiger partial charge in [-0.3, -0.25) is 34.6 Å². The predicted octanol–water partition coefficient (Wildman–Crippen LogP) is 0.644. The molecule has 0 bridgehead atoms. The zero-order chi connectivity index (χ0) is 23.3. The average molecular weight is 449 g/mol. The van der Waals surface area contributed by atoms with Gasteiger partial charge in [-0.2, -0.15) is 8.78 Å². The fourth-order valence-electron chi connectivity index (χ4n) is 4.45. The topological polar surface area (TPSA) is 133 Å². The lowest BCUT2D eigenvalue weighted by atomic mass is 9.93. The molecule has 4 rings (SSSR count). The lowest BCUT2D eigenvalue weighted by molar-refractivity contribution is -0.189. The van der Waals surface area contributed by atoms with Crippen LogP contribution in [-0.2, 0) is 20.9 Å². The van der Waals surface area contributed by atoms with E-state index in [2.05, 4.69) is 5.32 Å². The number of imide groups is 2. The number of carbonyl (C=O) groups excluding carboxylic acids is 5. The normalized spacial score (nSPS) is 22.5. The first-order valence-electron chi connectivity index (χ1n) is 10.3. The highest BCUT2D eigenvalue weighted by Crippen LogP contribution is 2.42. The molecule has 0 radical (unpaired) electrons. The first kappa shape index (κ1) is 22.0. The highest BCUT2D eigenvalue weighted by molar-refractivity contribution is 6.09. The molecule has 1 saturated heterocycles. The standard InChI is InChI=1S/C21H21F2N3O6/c22-21(23,20(32)7-1-2-8-20)19(31)25-16(28)11-3-4-13-12(9-11)10-26(18(13)30)14-5-6-15(27)24-17(14)29/h3-4,9,14,32H,1-2,5-8,10H2,(H,24,27,29)(H,25,28,31). The van der Waals surface area contributed by atoms with Crippen LogP contribution in [0.15, 0.2) is 18.2 Å². The number of piperidine rings is 1. The van der Waals surface area contributed by atoms with Gasteiger partial charge in [-0.25, -0.2) is 0 Å². The van der Waals surface area contributed by atoms with Crippen LogP contribution in [0.25, 0.3) is 0 Å². The van der Waals surface area contributed by atoms with Gasteiger partial charge in [0.2, 0.25) is 11.8 Å². The second-order valence-electron chi connectivity index (χ2n) is 8.37. The van der Waals surface area contributed by atoms with Crippen LogP contribution in [0.4, 0.5) is 8.78 Å². The number of halogens is 2. The Balaban J connectivity index is 1.48. The molecule has 1 saturated carbocycles. The molecule has 1 unspecified atom stereocenters. The number of benzene rings is 1. The summed E-state index contributed by atoms with van der Waals surface area (Å²) in [4.78, 5) is 61.9. The molecule has 2 heterocycles. The minimum Gasteiger partial charge on any atom is -0.383 e.